The lowest BCUT2D eigenvalue weighted by atomic mass is 10.2. The summed E-state index contributed by atoms with van der Waals surface area (Å²) >= 11 is 13.9. The van der Waals surface area contributed by atoms with Gasteiger partial charge in [0, 0.05) is 12.4 Å². The third-order valence-electron chi connectivity index (χ3n) is 2.64. The molecule has 1 unspecified atom stereocenters. The molecule has 0 amide bonds. The molecule has 3 rings (SSSR count). The van der Waals surface area contributed by atoms with E-state index in [1.807, 2.05) is 5.01 Å². The molecule has 1 aliphatic rings. The minimum Gasteiger partial charge on any atom is -0.283 e. The van der Waals surface area contributed by atoms with Gasteiger partial charge < -0.3 is 0 Å². The van der Waals surface area contributed by atoms with Crippen LogP contribution in [0.3, 0.4) is 0 Å². The highest BCUT2D eigenvalue weighted by molar-refractivity contribution is 9.11. The van der Waals surface area contributed by atoms with Crippen molar-refractivity contribution in [3.8, 4) is 11.3 Å². The molecule has 0 bridgehead atoms. The van der Waals surface area contributed by atoms with Crippen LogP contribution in [-0.2, 0) is 0 Å². The summed E-state index contributed by atoms with van der Waals surface area (Å²) in [4.78, 5) is 4.29. The summed E-state index contributed by atoms with van der Waals surface area (Å²) in [6.07, 6.45) is 3.46. The van der Waals surface area contributed by atoms with Crippen LogP contribution < -0.4 is 15.8 Å². The topological polar surface area (TPSA) is 68.9 Å². The molecule has 3 N–H and O–H groups in total. The van der Waals surface area contributed by atoms with Crippen molar-refractivity contribution < 1.29 is 0 Å². The molecular weight excluding hydrogens is 352 g/mol. The molecule has 1 atom stereocenters. The SMILES string of the molecule is SC1(Br)NCN(c2n[nH]cc2-c2ncccc2Cl)N1. The van der Waals surface area contributed by atoms with Crippen molar-refractivity contribution in [2.24, 2.45) is 0 Å². The van der Waals surface area contributed by atoms with Crippen LogP contribution in [0.25, 0.3) is 11.3 Å². The van der Waals surface area contributed by atoms with Crippen molar-refractivity contribution in [2.75, 3.05) is 11.7 Å². The highest BCUT2D eigenvalue weighted by Crippen LogP contribution is 2.33. The van der Waals surface area contributed by atoms with E-state index in [4.69, 9.17) is 11.6 Å². The molecule has 1 fully saturated rings. The Kier molecular flexibility index (Phi) is 3.44. The maximum absolute atomic E-state index is 6.17. The van der Waals surface area contributed by atoms with E-state index < -0.39 is 3.90 Å². The Morgan fingerprint density at radius 2 is 2.37 bits per heavy atom. The van der Waals surface area contributed by atoms with Gasteiger partial charge in [0.25, 0.3) is 0 Å². The zero-order valence-corrected chi connectivity index (χ0v) is 12.8. The molecule has 19 heavy (non-hydrogen) atoms. The van der Waals surface area contributed by atoms with Crippen LogP contribution in [0.5, 0.6) is 0 Å². The number of hydrazine groups is 1. The van der Waals surface area contributed by atoms with Gasteiger partial charge in [-0.2, -0.15) is 10.5 Å². The van der Waals surface area contributed by atoms with Crippen molar-refractivity contribution in [3.05, 3.63) is 29.5 Å². The summed E-state index contributed by atoms with van der Waals surface area (Å²) < 4.78 is -0.656. The summed E-state index contributed by atoms with van der Waals surface area (Å²) in [5, 5.41) is 12.6. The van der Waals surface area contributed by atoms with Gasteiger partial charge in [-0.1, -0.05) is 11.6 Å². The van der Waals surface area contributed by atoms with E-state index in [2.05, 4.69) is 54.5 Å². The standard InChI is InChI=1S/C10H10BrClN6S/c11-10(19)14-5-18(17-10)9-6(4-15-16-9)8-7(12)2-1-3-13-8/h1-4,14,17,19H,5H2,(H,15,16). The molecular formula is C10H10BrClN6S. The lowest BCUT2D eigenvalue weighted by Crippen LogP contribution is -2.41. The van der Waals surface area contributed by atoms with Gasteiger partial charge in [0.05, 0.1) is 22.9 Å². The zero-order chi connectivity index (χ0) is 13.5. The largest absolute Gasteiger partial charge is 0.283 e. The van der Waals surface area contributed by atoms with Crippen molar-refractivity contribution in [2.45, 2.75) is 3.90 Å². The number of alkyl halides is 1. The van der Waals surface area contributed by atoms with E-state index in [0.29, 0.717) is 23.2 Å². The molecule has 1 aliphatic heterocycles. The minimum absolute atomic E-state index is 0.539. The average molecular weight is 362 g/mol. The van der Waals surface area contributed by atoms with Crippen LogP contribution in [-0.4, -0.2) is 25.8 Å². The van der Waals surface area contributed by atoms with Crippen LogP contribution >= 0.6 is 40.2 Å². The number of hydrogen-bond donors (Lipinski definition) is 4. The van der Waals surface area contributed by atoms with Crippen LogP contribution in [0.4, 0.5) is 5.82 Å². The lowest BCUT2D eigenvalue weighted by Gasteiger charge is -2.19. The Morgan fingerprint density at radius 3 is 3.05 bits per heavy atom. The lowest BCUT2D eigenvalue weighted by molar-refractivity contribution is 0.689. The predicted molar refractivity (Wildman–Crippen MR) is 81.1 cm³/mol. The fourth-order valence-electron chi connectivity index (χ4n) is 1.82. The quantitative estimate of drug-likeness (QED) is 0.374. The first-order chi connectivity index (χ1) is 9.07. The number of hydrogen-bond acceptors (Lipinski definition) is 6. The first kappa shape index (κ1) is 13.2. The molecule has 0 radical (unpaired) electrons. The number of halogens is 2. The molecule has 0 spiro atoms. The minimum atomic E-state index is -0.656. The number of aromatic amines is 1. The van der Waals surface area contributed by atoms with Crippen molar-refractivity contribution in [1.29, 1.82) is 0 Å². The van der Waals surface area contributed by atoms with Gasteiger partial charge in [-0.3, -0.25) is 20.4 Å². The molecule has 100 valence electrons. The maximum Gasteiger partial charge on any atom is 0.190 e. The molecule has 0 saturated carbocycles. The number of nitrogens with zero attached hydrogens (tertiary/aromatic N) is 3. The Morgan fingerprint density at radius 1 is 1.53 bits per heavy atom. The normalized spacial score (nSPS) is 23.0. The summed E-state index contributed by atoms with van der Waals surface area (Å²) in [7, 11) is 0. The van der Waals surface area contributed by atoms with Crippen LogP contribution in [0.1, 0.15) is 0 Å². The average Bonchev–Trinajstić information content (AvgIpc) is 2.96. The molecule has 3 heterocycles. The number of H-pyrrole nitrogens is 1. The van der Waals surface area contributed by atoms with Gasteiger partial charge in [0.15, 0.2) is 9.72 Å². The van der Waals surface area contributed by atoms with Crippen molar-refractivity contribution in [3.63, 3.8) is 0 Å². The second kappa shape index (κ2) is 4.95. The zero-order valence-electron chi connectivity index (χ0n) is 9.56. The summed E-state index contributed by atoms with van der Waals surface area (Å²) in [5.41, 5.74) is 4.61. The first-order valence-corrected chi connectivity index (χ1v) is 7.05. The summed E-state index contributed by atoms with van der Waals surface area (Å²) in [6.45, 7) is 0.539. The third kappa shape index (κ3) is 2.59. The Balaban J connectivity index is 1.98. The van der Waals surface area contributed by atoms with Crippen molar-refractivity contribution >= 4 is 46.0 Å². The second-order valence-electron chi connectivity index (χ2n) is 3.95. The van der Waals surface area contributed by atoms with Crippen LogP contribution in [0.2, 0.25) is 5.02 Å². The van der Waals surface area contributed by atoms with E-state index in [-0.39, 0.29) is 0 Å². The summed E-state index contributed by atoms with van der Waals surface area (Å²) in [6, 6.07) is 3.59. The molecule has 0 aromatic carbocycles. The number of nitrogens with one attached hydrogen (secondary N) is 3. The van der Waals surface area contributed by atoms with Gasteiger partial charge in [0.2, 0.25) is 0 Å². The Hall–Kier alpha value is -0.800. The van der Waals surface area contributed by atoms with Gasteiger partial charge in [-0.15, -0.1) is 12.6 Å². The fraction of sp³-hybridized carbons (Fsp3) is 0.200. The van der Waals surface area contributed by atoms with Gasteiger partial charge in [-0.05, 0) is 28.1 Å². The third-order valence-corrected chi connectivity index (χ3v) is 3.66. The molecule has 0 aliphatic carbocycles. The van der Waals surface area contributed by atoms with Crippen LogP contribution in [0, 0.1) is 0 Å². The molecule has 2 aromatic rings. The number of aromatic nitrogens is 3. The number of thiol groups is 1. The Bertz CT molecular complexity index is 603. The molecule has 2 aromatic heterocycles. The number of rotatable bonds is 2. The highest BCUT2D eigenvalue weighted by Gasteiger charge is 2.33. The van der Waals surface area contributed by atoms with Gasteiger partial charge in [0.1, 0.15) is 0 Å². The summed E-state index contributed by atoms with van der Waals surface area (Å²) in [5.74, 6) is 0.698. The monoisotopic (exact) mass is 360 g/mol. The fourth-order valence-corrected chi connectivity index (χ4v) is 2.57. The predicted octanol–water partition coefficient (Wildman–Crippen LogP) is 1.93. The van der Waals surface area contributed by atoms with E-state index in [0.717, 1.165) is 5.56 Å². The first-order valence-electron chi connectivity index (χ1n) is 5.43. The number of anilines is 1. The highest BCUT2D eigenvalue weighted by atomic mass is 79.9. The number of pyridine rings is 1. The molecule has 6 nitrogen and oxygen atoms in total. The van der Waals surface area contributed by atoms with Gasteiger partial charge in [-0.25, -0.2) is 0 Å². The maximum atomic E-state index is 6.17. The van der Waals surface area contributed by atoms with E-state index >= 15 is 0 Å². The second-order valence-corrected chi connectivity index (χ2v) is 6.83. The Labute approximate surface area is 128 Å². The van der Waals surface area contributed by atoms with Gasteiger partial charge >= 0.3 is 0 Å². The molecule has 1 saturated heterocycles. The smallest absolute Gasteiger partial charge is 0.190 e. The molecule has 9 heteroatoms. The van der Waals surface area contributed by atoms with Crippen molar-refractivity contribution in [1.82, 2.24) is 25.9 Å². The van der Waals surface area contributed by atoms with Crippen LogP contribution in [0.15, 0.2) is 24.5 Å². The van der Waals surface area contributed by atoms with E-state index in [9.17, 15) is 0 Å². The van der Waals surface area contributed by atoms with E-state index in [1.54, 1.807) is 24.5 Å². The van der Waals surface area contributed by atoms with E-state index in [1.165, 1.54) is 0 Å².